The van der Waals surface area contributed by atoms with Gasteiger partial charge in [-0.2, -0.15) is 0 Å². The first-order chi connectivity index (χ1) is 17.1. The molecule has 2 aromatic rings. The summed E-state index contributed by atoms with van der Waals surface area (Å²) in [7, 11) is -3.56. The molecule has 7 nitrogen and oxygen atoms in total. The maximum Gasteiger partial charge on any atom is 0.243 e. The summed E-state index contributed by atoms with van der Waals surface area (Å²) < 4.78 is 26.1. The number of amides is 2. The van der Waals surface area contributed by atoms with Gasteiger partial charge in [0.2, 0.25) is 21.8 Å². The first-order valence-electron chi connectivity index (χ1n) is 12.4. The highest BCUT2D eigenvalue weighted by Crippen LogP contribution is 2.22. The minimum absolute atomic E-state index is 0.0126. The van der Waals surface area contributed by atoms with E-state index in [1.165, 1.54) is 4.31 Å². The van der Waals surface area contributed by atoms with E-state index in [9.17, 15) is 18.0 Å². The molecule has 0 aromatic heterocycles. The van der Waals surface area contributed by atoms with E-state index >= 15 is 0 Å². The zero-order valence-corrected chi connectivity index (χ0v) is 23.2. The highest BCUT2D eigenvalue weighted by atomic mass is 35.5. The van der Waals surface area contributed by atoms with E-state index in [1.54, 1.807) is 29.2 Å². The number of halogens is 1. The Kier molecular flexibility index (Phi) is 11.7. The van der Waals surface area contributed by atoms with Crippen LogP contribution in [0.4, 0.5) is 5.69 Å². The van der Waals surface area contributed by atoms with E-state index in [1.807, 2.05) is 51.1 Å². The first-order valence-corrected chi connectivity index (χ1v) is 14.7. The average Bonchev–Trinajstić information content (AvgIpc) is 2.83. The van der Waals surface area contributed by atoms with E-state index in [0.717, 1.165) is 18.2 Å². The van der Waals surface area contributed by atoms with E-state index in [4.69, 9.17) is 11.6 Å². The zero-order valence-electron chi connectivity index (χ0n) is 21.6. The third-order valence-corrected chi connectivity index (χ3v) is 7.55. The molecule has 0 radical (unpaired) electrons. The molecule has 0 heterocycles. The summed E-state index contributed by atoms with van der Waals surface area (Å²) in [5.41, 5.74) is 1.54. The molecular formula is C27H38ClN3O4S. The Morgan fingerprint density at radius 1 is 1.00 bits per heavy atom. The van der Waals surface area contributed by atoms with Gasteiger partial charge < -0.3 is 10.2 Å². The molecule has 0 aliphatic rings. The Hall–Kier alpha value is -2.58. The van der Waals surface area contributed by atoms with Crippen LogP contribution in [0.1, 0.15) is 52.0 Å². The second-order valence-electron chi connectivity index (χ2n) is 8.98. The number of anilines is 1. The molecule has 2 rings (SSSR count). The molecule has 0 bridgehead atoms. The average molecular weight is 536 g/mol. The monoisotopic (exact) mass is 535 g/mol. The van der Waals surface area contributed by atoms with Gasteiger partial charge in [0, 0.05) is 30.6 Å². The third kappa shape index (κ3) is 9.13. The van der Waals surface area contributed by atoms with Crippen LogP contribution in [0.2, 0.25) is 5.02 Å². The number of benzene rings is 2. The molecule has 0 fully saturated rings. The highest BCUT2D eigenvalue weighted by molar-refractivity contribution is 7.92. The summed E-state index contributed by atoms with van der Waals surface area (Å²) in [5.74, 6) is -0.332. The molecular weight excluding hydrogens is 498 g/mol. The topological polar surface area (TPSA) is 86.8 Å². The lowest BCUT2D eigenvalue weighted by molar-refractivity contribution is -0.141. The standard InChI is InChI=1S/C27H38ClN3O4S/c1-5-21(3)29-27(33)25(6-2)30(19-17-22-12-8-7-9-13-22)26(32)16-11-18-31(36(4,34)35)24-15-10-14-23(28)20-24/h7-10,12-15,20-21,25H,5-6,11,16-19H2,1-4H3,(H,29,33)/t21-,25-/m1/s1. The fourth-order valence-corrected chi connectivity index (χ4v) is 5.11. The summed E-state index contributed by atoms with van der Waals surface area (Å²) in [6, 6.07) is 15.9. The number of nitrogens with zero attached hydrogens (tertiary/aromatic N) is 2. The van der Waals surface area contributed by atoms with Crippen LogP contribution in [0.3, 0.4) is 0 Å². The number of carbonyl (C=O) groups excluding carboxylic acids is 2. The molecule has 0 saturated heterocycles. The largest absolute Gasteiger partial charge is 0.352 e. The molecule has 0 spiro atoms. The first kappa shape index (κ1) is 29.6. The van der Waals surface area contributed by atoms with Crippen LogP contribution < -0.4 is 9.62 Å². The minimum atomic E-state index is -3.56. The number of hydrogen-bond donors (Lipinski definition) is 1. The van der Waals surface area contributed by atoms with Gasteiger partial charge >= 0.3 is 0 Å². The SMILES string of the molecule is CC[C@@H](C)NC(=O)[C@@H](CC)N(CCc1ccccc1)C(=O)CCCN(c1cccc(Cl)c1)S(C)(=O)=O. The lowest BCUT2D eigenvalue weighted by atomic mass is 10.1. The van der Waals surface area contributed by atoms with E-state index in [2.05, 4.69) is 5.32 Å². The van der Waals surface area contributed by atoms with Gasteiger partial charge in [-0.3, -0.25) is 13.9 Å². The Labute approximate surface area is 220 Å². The molecule has 0 aliphatic carbocycles. The van der Waals surface area contributed by atoms with Crippen molar-refractivity contribution in [1.82, 2.24) is 10.2 Å². The molecule has 0 aliphatic heterocycles. The van der Waals surface area contributed by atoms with Crippen LogP contribution >= 0.6 is 11.6 Å². The molecule has 1 N–H and O–H groups in total. The van der Waals surface area contributed by atoms with Crippen molar-refractivity contribution in [2.24, 2.45) is 0 Å². The number of rotatable bonds is 14. The highest BCUT2D eigenvalue weighted by Gasteiger charge is 2.29. The van der Waals surface area contributed by atoms with Gasteiger partial charge in [-0.15, -0.1) is 0 Å². The number of hydrogen-bond acceptors (Lipinski definition) is 4. The van der Waals surface area contributed by atoms with E-state index < -0.39 is 16.1 Å². The van der Waals surface area contributed by atoms with Crippen LogP contribution in [0, 0.1) is 0 Å². The van der Waals surface area contributed by atoms with Gasteiger partial charge in [-0.25, -0.2) is 8.42 Å². The van der Waals surface area contributed by atoms with Gasteiger partial charge in [-0.1, -0.05) is 61.8 Å². The molecule has 36 heavy (non-hydrogen) atoms. The lowest BCUT2D eigenvalue weighted by Crippen LogP contribution is -2.51. The Morgan fingerprint density at radius 2 is 1.69 bits per heavy atom. The van der Waals surface area contributed by atoms with Crippen molar-refractivity contribution in [1.29, 1.82) is 0 Å². The van der Waals surface area contributed by atoms with Gasteiger partial charge in [0.05, 0.1) is 11.9 Å². The molecule has 9 heteroatoms. The van der Waals surface area contributed by atoms with Crippen LogP contribution in [0.5, 0.6) is 0 Å². The van der Waals surface area contributed by atoms with Crippen molar-refractivity contribution in [3.63, 3.8) is 0 Å². The van der Waals surface area contributed by atoms with Gasteiger partial charge in [0.1, 0.15) is 6.04 Å². The summed E-state index contributed by atoms with van der Waals surface area (Å²) in [5, 5.41) is 3.44. The molecule has 0 saturated carbocycles. The molecule has 198 valence electrons. The minimum Gasteiger partial charge on any atom is -0.352 e. The van der Waals surface area contributed by atoms with Crippen LogP contribution in [-0.2, 0) is 26.0 Å². The van der Waals surface area contributed by atoms with E-state index in [-0.39, 0.29) is 30.8 Å². The fraction of sp³-hybridized carbons (Fsp3) is 0.481. The smallest absolute Gasteiger partial charge is 0.243 e. The Bertz CT molecular complexity index is 1100. The maximum absolute atomic E-state index is 13.4. The third-order valence-electron chi connectivity index (χ3n) is 6.12. The number of carbonyl (C=O) groups is 2. The molecule has 2 amide bonds. The maximum atomic E-state index is 13.4. The summed E-state index contributed by atoms with van der Waals surface area (Å²) in [4.78, 5) is 28.1. The predicted octanol–water partition coefficient (Wildman–Crippen LogP) is 4.65. The molecule has 2 aromatic carbocycles. The zero-order chi connectivity index (χ0) is 26.7. The lowest BCUT2D eigenvalue weighted by Gasteiger charge is -2.32. The van der Waals surface area contributed by atoms with Crippen molar-refractivity contribution in [2.45, 2.75) is 65.0 Å². The number of sulfonamides is 1. The summed E-state index contributed by atoms with van der Waals surface area (Å²) >= 11 is 6.06. The van der Waals surface area contributed by atoms with Crippen molar-refractivity contribution in [3.8, 4) is 0 Å². The van der Waals surface area contributed by atoms with E-state index in [0.29, 0.717) is 36.5 Å². The van der Waals surface area contributed by atoms with Crippen molar-refractivity contribution < 1.29 is 18.0 Å². The van der Waals surface area contributed by atoms with Crippen molar-refractivity contribution >= 4 is 39.1 Å². The molecule has 0 unspecified atom stereocenters. The Balaban J connectivity index is 2.16. The van der Waals surface area contributed by atoms with Crippen LogP contribution in [0.25, 0.3) is 0 Å². The van der Waals surface area contributed by atoms with Crippen molar-refractivity contribution in [3.05, 3.63) is 65.2 Å². The van der Waals surface area contributed by atoms with Gasteiger partial charge in [0.15, 0.2) is 0 Å². The Morgan fingerprint density at radius 3 is 2.28 bits per heavy atom. The molecule has 2 atom stereocenters. The summed E-state index contributed by atoms with van der Waals surface area (Å²) in [6.07, 6.45) is 3.47. The van der Waals surface area contributed by atoms with Gasteiger partial charge in [0.25, 0.3) is 0 Å². The van der Waals surface area contributed by atoms with Crippen LogP contribution in [-0.4, -0.2) is 56.6 Å². The number of nitrogens with one attached hydrogen (secondary N) is 1. The fourth-order valence-electron chi connectivity index (χ4n) is 3.97. The predicted molar refractivity (Wildman–Crippen MR) is 147 cm³/mol. The normalized spacial score (nSPS) is 13.0. The van der Waals surface area contributed by atoms with Crippen LogP contribution in [0.15, 0.2) is 54.6 Å². The van der Waals surface area contributed by atoms with Gasteiger partial charge in [-0.05, 0) is 56.4 Å². The summed E-state index contributed by atoms with van der Waals surface area (Å²) in [6.45, 7) is 6.37. The quantitative estimate of drug-likeness (QED) is 0.381. The second kappa shape index (κ2) is 14.2. The second-order valence-corrected chi connectivity index (χ2v) is 11.3. The van der Waals surface area contributed by atoms with Crippen molar-refractivity contribution in [2.75, 3.05) is 23.7 Å².